The van der Waals surface area contributed by atoms with Crippen molar-refractivity contribution in [3.8, 4) is 17.2 Å². The van der Waals surface area contributed by atoms with Crippen LogP contribution < -0.4 is 4.74 Å². The normalized spacial score (nSPS) is 11.5. The molecule has 0 saturated carbocycles. The third-order valence-electron chi connectivity index (χ3n) is 4.34. The van der Waals surface area contributed by atoms with Crippen LogP contribution >= 0.6 is 0 Å². The van der Waals surface area contributed by atoms with Gasteiger partial charge in [0.25, 0.3) is 0 Å². The minimum atomic E-state index is 0.138. The number of aromatic nitrogens is 1. The molecule has 0 aliphatic rings. The highest BCUT2D eigenvalue weighted by atomic mass is 16.5. The zero-order chi connectivity index (χ0) is 17.9. The Kier molecular flexibility index (Phi) is 6.02. The molecule has 0 saturated heterocycles. The SMILES string of the molecule is COc1cc(C)c(-c2nc(CN(CCO)C(C)C)c(C)o2)cc1C. The van der Waals surface area contributed by atoms with E-state index in [0.29, 0.717) is 25.0 Å². The predicted molar refractivity (Wildman–Crippen MR) is 95.3 cm³/mol. The number of aliphatic hydroxyl groups excluding tert-OH is 1. The first-order valence-corrected chi connectivity index (χ1v) is 8.34. The van der Waals surface area contributed by atoms with Crippen LogP contribution in [0.4, 0.5) is 0 Å². The van der Waals surface area contributed by atoms with Gasteiger partial charge in [-0.15, -0.1) is 0 Å². The van der Waals surface area contributed by atoms with E-state index >= 15 is 0 Å². The molecule has 1 aromatic heterocycles. The minimum Gasteiger partial charge on any atom is -0.496 e. The van der Waals surface area contributed by atoms with E-state index in [0.717, 1.165) is 33.9 Å². The summed E-state index contributed by atoms with van der Waals surface area (Å²) in [6.07, 6.45) is 0. The molecule has 24 heavy (non-hydrogen) atoms. The van der Waals surface area contributed by atoms with Gasteiger partial charge in [-0.1, -0.05) is 0 Å². The topological polar surface area (TPSA) is 58.7 Å². The summed E-state index contributed by atoms with van der Waals surface area (Å²) < 4.78 is 11.3. The van der Waals surface area contributed by atoms with Gasteiger partial charge in [0.2, 0.25) is 5.89 Å². The Labute approximate surface area is 144 Å². The summed E-state index contributed by atoms with van der Waals surface area (Å²) in [4.78, 5) is 6.89. The quantitative estimate of drug-likeness (QED) is 0.841. The standard InChI is InChI=1S/C19H28N2O3/c1-12(2)21(7-8-22)11-17-15(5)24-19(20-17)16-9-14(4)18(23-6)10-13(16)3/h9-10,12,22H,7-8,11H2,1-6H3. The highest BCUT2D eigenvalue weighted by Crippen LogP contribution is 2.31. The number of aryl methyl sites for hydroxylation is 3. The van der Waals surface area contributed by atoms with Gasteiger partial charge in [-0.25, -0.2) is 4.98 Å². The fourth-order valence-electron chi connectivity index (χ4n) is 2.77. The first-order chi connectivity index (χ1) is 11.4. The van der Waals surface area contributed by atoms with Gasteiger partial charge in [-0.3, -0.25) is 4.90 Å². The molecule has 0 bridgehead atoms. The summed E-state index contributed by atoms with van der Waals surface area (Å²) in [5.74, 6) is 2.33. The summed E-state index contributed by atoms with van der Waals surface area (Å²) in [6, 6.07) is 4.40. The zero-order valence-electron chi connectivity index (χ0n) is 15.5. The van der Waals surface area contributed by atoms with Crippen molar-refractivity contribution in [2.75, 3.05) is 20.3 Å². The van der Waals surface area contributed by atoms with Crippen LogP contribution in [0.15, 0.2) is 16.5 Å². The van der Waals surface area contributed by atoms with Crippen LogP contribution in [0, 0.1) is 20.8 Å². The number of methoxy groups -OCH3 is 1. The smallest absolute Gasteiger partial charge is 0.226 e. The van der Waals surface area contributed by atoms with Crippen LogP contribution in [0.2, 0.25) is 0 Å². The minimum absolute atomic E-state index is 0.138. The number of ether oxygens (including phenoxy) is 1. The Hall–Kier alpha value is -1.85. The lowest BCUT2D eigenvalue weighted by molar-refractivity contribution is 0.157. The summed E-state index contributed by atoms with van der Waals surface area (Å²) in [7, 11) is 1.68. The van der Waals surface area contributed by atoms with Gasteiger partial charge in [0, 0.05) is 24.7 Å². The van der Waals surface area contributed by atoms with Crippen LogP contribution in [0.1, 0.15) is 36.4 Å². The average molecular weight is 332 g/mol. The van der Waals surface area contributed by atoms with Crippen molar-refractivity contribution < 1.29 is 14.3 Å². The second-order valence-corrected chi connectivity index (χ2v) is 6.45. The van der Waals surface area contributed by atoms with E-state index in [9.17, 15) is 5.11 Å². The summed E-state index contributed by atoms with van der Waals surface area (Å²) in [5, 5.41) is 9.24. The summed E-state index contributed by atoms with van der Waals surface area (Å²) in [5.41, 5.74) is 4.03. The number of oxazole rings is 1. The van der Waals surface area contributed by atoms with Crippen molar-refractivity contribution in [2.24, 2.45) is 0 Å². The largest absolute Gasteiger partial charge is 0.496 e. The maximum atomic E-state index is 9.24. The summed E-state index contributed by atoms with van der Waals surface area (Å²) >= 11 is 0. The molecule has 5 nitrogen and oxygen atoms in total. The van der Waals surface area contributed by atoms with E-state index in [1.165, 1.54) is 0 Å². The van der Waals surface area contributed by atoms with Crippen LogP contribution in [0.5, 0.6) is 5.75 Å². The lowest BCUT2D eigenvalue weighted by atomic mass is 10.0. The molecule has 132 valence electrons. The van der Waals surface area contributed by atoms with Crippen molar-refractivity contribution >= 4 is 0 Å². The number of hydrogen-bond donors (Lipinski definition) is 1. The lowest BCUT2D eigenvalue weighted by Gasteiger charge is -2.24. The predicted octanol–water partition coefficient (Wildman–Crippen LogP) is 3.48. The van der Waals surface area contributed by atoms with Crippen LogP contribution in [0.3, 0.4) is 0 Å². The number of hydrogen-bond acceptors (Lipinski definition) is 5. The monoisotopic (exact) mass is 332 g/mol. The van der Waals surface area contributed by atoms with Crippen LogP contribution in [-0.4, -0.2) is 41.3 Å². The molecule has 1 heterocycles. The molecule has 5 heteroatoms. The maximum Gasteiger partial charge on any atom is 0.226 e. The molecule has 1 aromatic carbocycles. The first-order valence-electron chi connectivity index (χ1n) is 8.34. The van der Waals surface area contributed by atoms with Crippen LogP contribution in [-0.2, 0) is 6.54 Å². The van der Waals surface area contributed by atoms with Gasteiger partial charge >= 0.3 is 0 Å². The highest BCUT2D eigenvalue weighted by molar-refractivity contribution is 5.62. The lowest BCUT2D eigenvalue weighted by Crippen LogP contribution is -2.33. The third kappa shape index (κ3) is 3.97. The molecule has 0 radical (unpaired) electrons. The van der Waals surface area contributed by atoms with Crippen molar-refractivity contribution in [3.63, 3.8) is 0 Å². The molecule has 0 aliphatic heterocycles. The van der Waals surface area contributed by atoms with Gasteiger partial charge in [-0.05, 0) is 57.9 Å². The van der Waals surface area contributed by atoms with E-state index in [1.807, 2.05) is 26.8 Å². The van der Waals surface area contributed by atoms with E-state index in [2.05, 4.69) is 24.8 Å². The molecule has 0 atom stereocenters. The molecule has 0 spiro atoms. The first kappa shape index (κ1) is 18.5. The molecule has 0 amide bonds. The average Bonchev–Trinajstić information content (AvgIpc) is 2.89. The van der Waals surface area contributed by atoms with Crippen molar-refractivity contribution in [1.82, 2.24) is 9.88 Å². The van der Waals surface area contributed by atoms with E-state index in [4.69, 9.17) is 14.1 Å². The van der Waals surface area contributed by atoms with Gasteiger partial charge in [0.05, 0.1) is 19.4 Å². The van der Waals surface area contributed by atoms with Gasteiger partial charge < -0.3 is 14.3 Å². The third-order valence-corrected chi connectivity index (χ3v) is 4.34. The van der Waals surface area contributed by atoms with Gasteiger partial charge in [0.15, 0.2) is 0 Å². The summed E-state index contributed by atoms with van der Waals surface area (Å²) in [6.45, 7) is 11.6. The molecule has 1 N–H and O–H groups in total. The number of aliphatic hydroxyl groups is 1. The van der Waals surface area contributed by atoms with Crippen molar-refractivity contribution in [1.29, 1.82) is 0 Å². The highest BCUT2D eigenvalue weighted by Gasteiger charge is 2.18. The molecular formula is C19H28N2O3. The fourth-order valence-corrected chi connectivity index (χ4v) is 2.77. The van der Waals surface area contributed by atoms with Crippen LogP contribution in [0.25, 0.3) is 11.5 Å². The molecule has 0 unspecified atom stereocenters. The molecule has 2 rings (SSSR count). The molecule has 0 aliphatic carbocycles. The van der Waals surface area contributed by atoms with E-state index in [1.54, 1.807) is 7.11 Å². The molecule has 2 aromatic rings. The van der Waals surface area contributed by atoms with Gasteiger partial charge in [-0.2, -0.15) is 0 Å². The Morgan fingerprint density at radius 1 is 1.21 bits per heavy atom. The maximum absolute atomic E-state index is 9.24. The Balaban J connectivity index is 2.33. The molecular weight excluding hydrogens is 304 g/mol. The van der Waals surface area contributed by atoms with E-state index < -0.39 is 0 Å². The number of rotatable bonds is 7. The second kappa shape index (κ2) is 7.81. The van der Waals surface area contributed by atoms with Gasteiger partial charge in [0.1, 0.15) is 11.5 Å². The fraction of sp³-hybridized carbons (Fsp3) is 0.526. The number of nitrogens with zero attached hydrogens (tertiary/aromatic N) is 2. The molecule has 0 fully saturated rings. The van der Waals surface area contributed by atoms with Crippen molar-refractivity contribution in [2.45, 2.75) is 47.2 Å². The Morgan fingerprint density at radius 3 is 2.50 bits per heavy atom. The second-order valence-electron chi connectivity index (χ2n) is 6.45. The zero-order valence-corrected chi connectivity index (χ0v) is 15.5. The van der Waals surface area contributed by atoms with E-state index in [-0.39, 0.29) is 6.61 Å². The Bertz CT molecular complexity index is 692. The Morgan fingerprint density at radius 2 is 1.92 bits per heavy atom. The number of benzene rings is 1. The van der Waals surface area contributed by atoms with Crippen molar-refractivity contribution in [3.05, 3.63) is 34.7 Å².